The molecule has 0 atom stereocenters. The molecule has 0 saturated carbocycles. The molecule has 0 spiro atoms. The fourth-order valence-electron chi connectivity index (χ4n) is 8.65. The normalized spacial score (nSPS) is 12.2. The highest BCUT2D eigenvalue weighted by molar-refractivity contribution is 6.33. The van der Waals surface area contributed by atoms with Gasteiger partial charge in [0.2, 0.25) is 0 Å². The van der Waals surface area contributed by atoms with Crippen LogP contribution in [0.3, 0.4) is 0 Å². The molecule has 3 aromatic heterocycles. The summed E-state index contributed by atoms with van der Waals surface area (Å²) >= 11 is 0. The number of para-hydroxylation sites is 1. The van der Waals surface area contributed by atoms with E-state index in [4.69, 9.17) is 14.4 Å². The lowest BCUT2D eigenvalue weighted by molar-refractivity contribution is 0.664. The predicted molar refractivity (Wildman–Crippen MR) is 216 cm³/mol. The summed E-state index contributed by atoms with van der Waals surface area (Å²) in [4.78, 5) is 10.5. The molecule has 4 nitrogen and oxygen atoms in total. The van der Waals surface area contributed by atoms with Gasteiger partial charge in [0.25, 0.3) is 0 Å². The minimum atomic E-state index is 0.713. The van der Waals surface area contributed by atoms with Gasteiger partial charge in [0, 0.05) is 43.4 Å². The van der Waals surface area contributed by atoms with Crippen molar-refractivity contribution in [3.63, 3.8) is 0 Å². The van der Waals surface area contributed by atoms with Gasteiger partial charge in [-0.1, -0.05) is 115 Å². The van der Waals surface area contributed by atoms with Crippen LogP contribution >= 0.6 is 0 Å². The number of hydrogen-bond acceptors (Lipinski definition) is 3. The van der Waals surface area contributed by atoms with E-state index in [1.807, 2.05) is 0 Å². The minimum absolute atomic E-state index is 0.713. The highest BCUT2D eigenvalue weighted by Gasteiger charge is 2.23. The second kappa shape index (κ2) is 10.3. The lowest BCUT2D eigenvalue weighted by atomic mass is 9.99. The van der Waals surface area contributed by atoms with Crippen LogP contribution in [0.25, 0.3) is 115 Å². The van der Waals surface area contributed by atoms with Crippen molar-refractivity contribution in [3.05, 3.63) is 164 Å². The summed E-state index contributed by atoms with van der Waals surface area (Å²) in [5, 5.41) is 12.8. The molecule has 0 bridgehead atoms. The Morgan fingerprint density at radius 1 is 0.423 bits per heavy atom. The fourth-order valence-corrected chi connectivity index (χ4v) is 8.65. The summed E-state index contributed by atoms with van der Waals surface area (Å²) in [6.45, 7) is 0. The molecule has 0 N–H and O–H groups in total. The van der Waals surface area contributed by atoms with Gasteiger partial charge in [0.15, 0.2) is 5.82 Å². The minimum Gasteiger partial charge on any atom is -0.456 e. The molecule has 0 fully saturated rings. The molecule has 0 aliphatic carbocycles. The van der Waals surface area contributed by atoms with Gasteiger partial charge in [0.1, 0.15) is 11.2 Å². The lowest BCUT2D eigenvalue weighted by Crippen LogP contribution is -1.99. The maximum absolute atomic E-state index is 6.67. The Morgan fingerprint density at radius 3 is 1.79 bits per heavy atom. The number of benzene rings is 9. The second-order valence-corrected chi connectivity index (χ2v) is 13.7. The molecular formula is C48H27N3O. The Morgan fingerprint density at radius 2 is 1.04 bits per heavy atom. The van der Waals surface area contributed by atoms with Gasteiger partial charge in [-0.15, -0.1) is 0 Å². The van der Waals surface area contributed by atoms with Gasteiger partial charge in [-0.3, -0.25) is 0 Å². The molecule has 12 aromatic rings. The zero-order valence-electron chi connectivity index (χ0n) is 27.8. The first kappa shape index (κ1) is 27.7. The largest absolute Gasteiger partial charge is 0.456 e. The monoisotopic (exact) mass is 661 g/mol. The summed E-state index contributed by atoms with van der Waals surface area (Å²) < 4.78 is 9.11. The molecule has 0 aliphatic heterocycles. The Balaban J connectivity index is 1.15. The number of rotatable bonds is 3. The highest BCUT2D eigenvalue weighted by atomic mass is 16.3. The maximum atomic E-state index is 6.67. The van der Waals surface area contributed by atoms with Crippen molar-refractivity contribution >= 4 is 87.0 Å². The molecule has 0 aliphatic rings. The molecule has 0 saturated heterocycles. The third kappa shape index (κ3) is 3.75. The first-order valence-electron chi connectivity index (χ1n) is 17.7. The van der Waals surface area contributed by atoms with Crippen molar-refractivity contribution in [1.82, 2.24) is 14.5 Å². The number of hydrogen-bond donors (Lipinski definition) is 0. The smallest absolute Gasteiger partial charge is 0.161 e. The zero-order chi connectivity index (χ0) is 33.9. The molecule has 0 amide bonds. The van der Waals surface area contributed by atoms with Crippen molar-refractivity contribution < 1.29 is 4.42 Å². The van der Waals surface area contributed by atoms with Crippen molar-refractivity contribution in [1.29, 1.82) is 0 Å². The van der Waals surface area contributed by atoms with Crippen LogP contribution in [0.2, 0.25) is 0 Å². The summed E-state index contributed by atoms with van der Waals surface area (Å²) in [5.74, 6) is 0.713. The first-order valence-corrected chi connectivity index (χ1v) is 17.7. The number of nitrogens with zero attached hydrogens (tertiary/aromatic N) is 3. The Labute approximate surface area is 297 Å². The van der Waals surface area contributed by atoms with E-state index < -0.39 is 0 Å². The van der Waals surface area contributed by atoms with Gasteiger partial charge in [-0.2, -0.15) is 0 Å². The van der Waals surface area contributed by atoms with Gasteiger partial charge < -0.3 is 8.98 Å². The van der Waals surface area contributed by atoms with Crippen LogP contribution in [0.15, 0.2) is 168 Å². The second-order valence-electron chi connectivity index (χ2n) is 13.7. The third-order valence-corrected chi connectivity index (χ3v) is 10.9. The molecule has 9 aromatic carbocycles. The molecular weight excluding hydrogens is 635 g/mol. The van der Waals surface area contributed by atoms with E-state index in [0.29, 0.717) is 5.82 Å². The Bertz CT molecular complexity index is 3320. The zero-order valence-corrected chi connectivity index (χ0v) is 27.8. The number of fused-ring (bicyclic) bond motifs is 3. The Kier molecular flexibility index (Phi) is 5.47. The molecule has 52 heavy (non-hydrogen) atoms. The molecule has 3 heterocycles. The predicted octanol–water partition coefficient (Wildman–Crippen LogP) is 12.9. The van der Waals surface area contributed by atoms with Crippen LogP contribution in [-0.2, 0) is 0 Å². The molecule has 12 rings (SSSR count). The number of aromatic nitrogens is 3. The van der Waals surface area contributed by atoms with Crippen molar-refractivity contribution in [3.8, 4) is 28.3 Å². The van der Waals surface area contributed by atoms with Crippen LogP contribution in [0.1, 0.15) is 0 Å². The fraction of sp³-hybridized carbons (Fsp3) is 0. The van der Waals surface area contributed by atoms with E-state index in [1.165, 1.54) is 32.3 Å². The van der Waals surface area contributed by atoms with Crippen LogP contribution in [-0.4, -0.2) is 14.5 Å². The summed E-state index contributed by atoms with van der Waals surface area (Å²) in [6.07, 6.45) is 0. The molecule has 0 unspecified atom stereocenters. The lowest BCUT2D eigenvalue weighted by Gasteiger charge is -2.16. The molecule has 240 valence electrons. The van der Waals surface area contributed by atoms with Crippen LogP contribution in [0.4, 0.5) is 0 Å². The quantitative estimate of drug-likeness (QED) is 0.189. The average molecular weight is 662 g/mol. The summed E-state index contributed by atoms with van der Waals surface area (Å²) in [7, 11) is 0. The topological polar surface area (TPSA) is 43.9 Å². The summed E-state index contributed by atoms with van der Waals surface area (Å²) in [6, 6.07) is 58.2. The van der Waals surface area contributed by atoms with Crippen LogP contribution < -0.4 is 0 Å². The SMILES string of the molecule is c1ccc2cc(-c3nc(-c4ccc(-n5c6ccc7cccc8oc9cccc%10ccc5c(c%109)c6c78)c5ccccc45)nc4ccccc34)ccc2c1. The van der Waals surface area contributed by atoms with E-state index in [2.05, 4.69) is 168 Å². The van der Waals surface area contributed by atoms with Crippen LogP contribution in [0, 0.1) is 0 Å². The average Bonchev–Trinajstić information content (AvgIpc) is 3.46. The molecule has 0 radical (unpaired) electrons. The maximum Gasteiger partial charge on any atom is 0.161 e. The standard InChI is InChI=1S/C48H27N3O/c1-2-10-31-27-32(20-19-28(31)9-1)47-36-15-5-6-16-37(36)49-48(50-47)35-23-26-38(34-14-4-3-13-33(34)35)51-39-24-21-29-11-7-17-41-43(29)45(39)46-40(51)25-22-30-12-8-18-42(52-41)44(30)46/h1-27H. The third-order valence-electron chi connectivity index (χ3n) is 10.9. The van der Waals surface area contributed by atoms with Crippen LogP contribution in [0.5, 0.6) is 0 Å². The highest BCUT2D eigenvalue weighted by Crippen LogP contribution is 2.46. The first-order chi connectivity index (χ1) is 25.8. The van der Waals surface area contributed by atoms with Gasteiger partial charge in [-0.05, 0) is 75.5 Å². The van der Waals surface area contributed by atoms with E-state index in [0.717, 1.165) is 77.2 Å². The van der Waals surface area contributed by atoms with Crippen molar-refractivity contribution in [2.45, 2.75) is 0 Å². The van der Waals surface area contributed by atoms with E-state index in [9.17, 15) is 0 Å². The van der Waals surface area contributed by atoms with Crippen molar-refractivity contribution in [2.24, 2.45) is 0 Å². The molecule has 4 heteroatoms. The van der Waals surface area contributed by atoms with Crippen molar-refractivity contribution in [2.75, 3.05) is 0 Å². The van der Waals surface area contributed by atoms with E-state index >= 15 is 0 Å². The Hall–Kier alpha value is -7.04. The van der Waals surface area contributed by atoms with E-state index in [1.54, 1.807) is 0 Å². The van der Waals surface area contributed by atoms with Gasteiger partial charge >= 0.3 is 0 Å². The van der Waals surface area contributed by atoms with E-state index in [-0.39, 0.29) is 0 Å². The van der Waals surface area contributed by atoms with Gasteiger partial charge in [-0.25, -0.2) is 9.97 Å². The van der Waals surface area contributed by atoms with Gasteiger partial charge in [0.05, 0.1) is 27.9 Å². The summed E-state index contributed by atoms with van der Waals surface area (Å²) in [5.41, 5.74) is 9.14.